The largest absolute Gasteiger partial charge is 0.480 e. The van der Waals surface area contributed by atoms with Crippen molar-refractivity contribution in [2.24, 2.45) is 5.73 Å². The van der Waals surface area contributed by atoms with Gasteiger partial charge in [0.25, 0.3) is 0 Å². The van der Waals surface area contributed by atoms with Crippen LogP contribution in [0, 0.1) is 0 Å². The van der Waals surface area contributed by atoms with E-state index >= 15 is 0 Å². The number of piperazine rings is 1. The number of carboxylic acids is 1. The molecule has 1 heterocycles. The summed E-state index contributed by atoms with van der Waals surface area (Å²) in [5.74, 6) is -1.04. The lowest BCUT2D eigenvalue weighted by Crippen LogP contribution is -2.50. The summed E-state index contributed by atoms with van der Waals surface area (Å²) in [6, 6.07) is -1.07. The third kappa shape index (κ3) is 4.03. The Bertz CT molecular complexity index is 253. The van der Waals surface area contributed by atoms with Crippen LogP contribution in [0.25, 0.3) is 0 Å². The summed E-state index contributed by atoms with van der Waals surface area (Å²) >= 11 is 0. The minimum Gasteiger partial charge on any atom is -0.480 e. The molecule has 0 aromatic rings. The van der Waals surface area contributed by atoms with Gasteiger partial charge in [0.15, 0.2) is 0 Å². The van der Waals surface area contributed by atoms with Gasteiger partial charge >= 0.3 is 12.0 Å². The second kappa shape index (κ2) is 6.29. The number of rotatable bonds is 4. The Morgan fingerprint density at radius 2 is 2.06 bits per heavy atom. The highest BCUT2D eigenvalue weighted by atomic mass is 16.4. The van der Waals surface area contributed by atoms with Gasteiger partial charge in [-0.3, -0.25) is 4.79 Å². The highest BCUT2D eigenvalue weighted by molar-refractivity contribution is 5.75. The lowest BCUT2D eigenvalue weighted by atomic mass is 10.2. The molecule has 0 spiro atoms. The number of carboxylic acid groups (broad SMARTS) is 1. The molecular formula is C9H18N4O3. The molecule has 1 saturated heterocycles. The number of hydrogen-bond acceptors (Lipinski definition) is 4. The molecule has 7 heteroatoms. The lowest BCUT2D eigenvalue weighted by Gasteiger charge is -2.27. The monoisotopic (exact) mass is 230 g/mol. The Labute approximate surface area is 94.0 Å². The molecule has 16 heavy (non-hydrogen) atoms. The fourth-order valence-corrected chi connectivity index (χ4v) is 1.44. The first-order valence-electron chi connectivity index (χ1n) is 5.33. The molecule has 0 unspecified atom stereocenters. The molecule has 0 aliphatic carbocycles. The summed E-state index contributed by atoms with van der Waals surface area (Å²) in [7, 11) is 0. The Balaban J connectivity index is 2.16. The summed E-state index contributed by atoms with van der Waals surface area (Å²) in [5.41, 5.74) is 5.31. The predicted octanol–water partition coefficient (Wildman–Crippen LogP) is -1.60. The number of amides is 2. The van der Waals surface area contributed by atoms with E-state index in [9.17, 15) is 9.59 Å². The van der Waals surface area contributed by atoms with E-state index in [4.69, 9.17) is 10.8 Å². The first kappa shape index (κ1) is 12.7. The maximum atomic E-state index is 11.5. The van der Waals surface area contributed by atoms with Crippen LogP contribution in [0.15, 0.2) is 0 Å². The van der Waals surface area contributed by atoms with E-state index in [0.29, 0.717) is 13.1 Å². The maximum Gasteiger partial charge on any atom is 0.320 e. The Hall–Kier alpha value is -1.34. The van der Waals surface area contributed by atoms with Gasteiger partial charge in [0.05, 0.1) is 0 Å². The SMILES string of the molecule is N[C@@H](CCNC(=O)N1CCNCC1)C(=O)O. The number of urea groups is 1. The van der Waals surface area contributed by atoms with Crippen molar-refractivity contribution in [3.8, 4) is 0 Å². The minimum absolute atomic E-state index is 0.154. The topological polar surface area (TPSA) is 108 Å². The van der Waals surface area contributed by atoms with Gasteiger partial charge < -0.3 is 26.4 Å². The molecule has 1 aliphatic rings. The van der Waals surface area contributed by atoms with Gasteiger partial charge in [-0.15, -0.1) is 0 Å². The van der Waals surface area contributed by atoms with Gasteiger partial charge in [0.2, 0.25) is 0 Å². The number of hydrogen-bond donors (Lipinski definition) is 4. The molecule has 92 valence electrons. The van der Waals surface area contributed by atoms with E-state index in [-0.39, 0.29) is 19.0 Å². The molecule has 5 N–H and O–H groups in total. The van der Waals surface area contributed by atoms with Gasteiger partial charge in [-0.05, 0) is 6.42 Å². The molecular weight excluding hydrogens is 212 g/mol. The minimum atomic E-state index is -1.04. The smallest absolute Gasteiger partial charge is 0.320 e. The van der Waals surface area contributed by atoms with Crippen LogP contribution in [-0.2, 0) is 4.79 Å². The number of aliphatic carboxylic acids is 1. The molecule has 1 fully saturated rings. The second-order valence-corrected chi connectivity index (χ2v) is 3.70. The fraction of sp³-hybridized carbons (Fsp3) is 0.778. The van der Waals surface area contributed by atoms with Crippen molar-refractivity contribution in [2.45, 2.75) is 12.5 Å². The Morgan fingerprint density at radius 3 is 2.62 bits per heavy atom. The quantitative estimate of drug-likeness (QED) is 0.465. The standard InChI is InChI=1S/C9H18N4O3/c10-7(8(14)15)1-2-12-9(16)13-5-3-11-4-6-13/h7,11H,1-6,10H2,(H,12,16)(H,14,15)/t7-/m0/s1. The fourth-order valence-electron chi connectivity index (χ4n) is 1.44. The van der Waals surface area contributed by atoms with Crippen molar-refractivity contribution in [1.29, 1.82) is 0 Å². The summed E-state index contributed by atoms with van der Waals surface area (Å²) in [6.07, 6.45) is 0.243. The lowest BCUT2D eigenvalue weighted by molar-refractivity contribution is -0.138. The van der Waals surface area contributed by atoms with Crippen molar-refractivity contribution in [3.63, 3.8) is 0 Å². The normalized spacial score (nSPS) is 17.9. The van der Waals surface area contributed by atoms with E-state index in [1.54, 1.807) is 4.90 Å². The molecule has 0 radical (unpaired) electrons. The van der Waals surface area contributed by atoms with Gasteiger partial charge in [0.1, 0.15) is 6.04 Å². The molecule has 1 aliphatic heterocycles. The summed E-state index contributed by atoms with van der Waals surface area (Å²) in [6.45, 7) is 3.23. The van der Waals surface area contributed by atoms with E-state index in [1.807, 2.05) is 0 Å². The Morgan fingerprint density at radius 1 is 1.44 bits per heavy atom. The van der Waals surface area contributed by atoms with Crippen molar-refractivity contribution < 1.29 is 14.7 Å². The number of nitrogens with zero attached hydrogens (tertiary/aromatic N) is 1. The van der Waals surface area contributed by atoms with Crippen LogP contribution in [0.1, 0.15) is 6.42 Å². The predicted molar refractivity (Wildman–Crippen MR) is 58.1 cm³/mol. The van der Waals surface area contributed by atoms with Crippen LogP contribution in [0.4, 0.5) is 4.79 Å². The maximum absolute atomic E-state index is 11.5. The average Bonchev–Trinajstić information content (AvgIpc) is 2.29. The van der Waals surface area contributed by atoms with Crippen LogP contribution in [-0.4, -0.2) is 60.8 Å². The molecule has 0 bridgehead atoms. The first-order chi connectivity index (χ1) is 7.61. The van der Waals surface area contributed by atoms with Crippen LogP contribution in [0.2, 0.25) is 0 Å². The third-order valence-electron chi connectivity index (χ3n) is 2.45. The molecule has 0 saturated carbocycles. The summed E-state index contributed by atoms with van der Waals surface area (Å²) in [4.78, 5) is 23.7. The van der Waals surface area contributed by atoms with E-state index in [1.165, 1.54) is 0 Å². The molecule has 1 atom stereocenters. The zero-order chi connectivity index (χ0) is 12.0. The average molecular weight is 230 g/mol. The van der Waals surface area contributed by atoms with Crippen molar-refractivity contribution >= 4 is 12.0 Å². The number of carbonyl (C=O) groups excluding carboxylic acids is 1. The Kier molecular flexibility index (Phi) is 5.00. The van der Waals surface area contributed by atoms with Crippen molar-refractivity contribution in [3.05, 3.63) is 0 Å². The van der Waals surface area contributed by atoms with Crippen LogP contribution >= 0.6 is 0 Å². The van der Waals surface area contributed by atoms with Crippen LogP contribution in [0.5, 0.6) is 0 Å². The van der Waals surface area contributed by atoms with E-state index in [0.717, 1.165) is 13.1 Å². The zero-order valence-corrected chi connectivity index (χ0v) is 9.11. The number of nitrogens with one attached hydrogen (secondary N) is 2. The van der Waals surface area contributed by atoms with Crippen molar-refractivity contribution in [1.82, 2.24) is 15.5 Å². The highest BCUT2D eigenvalue weighted by Gasteiger charge is 2.16. The van der Waals surface area contributed by atoms with Crippen molar-refractivity contribution in [2.75, 3.05) is 32.7 Å². The molecule has 7 nitrogen and oxygen atoms in total. The molecule has 0 aromatic heterocycles. The second-order valence-electron chi connectivity index (χ2n) is 3.70. The summed E-state index contributed by atoms with van der Waals surface area (Å²) < 4.78 is 0. The summed E-state index contributed by atoms with van der Waals surface area (Å²) in [5, 5.41) is 14.3. The zero-order valence-electron chi connectivity index (χ0n) is 9.11. The van der Waals surface area contributed by atoms with Gasteiger partial charge in [-0.25, -0.2) is 4.79 Å². The van der Waals surface area contributed by atoms with Gasteiger partial charge in [0, 0.05) is 32.7 Å². The first-order valence-corrected chi connectivity index (χ1v) is 5.33. The molecule has 2 amide bonds. The third-order valence-corrected chi connectivity index (χ3v) is 2.45. The van der Waals surface area contributed by atoms with E-state index in [2.05, 4.69) is 10.6 Å². The number of carbonyl (C=O) groups is 2. The van der Waals surface area contributed by atoms with Crippen LogP contribution in [0.3, 0.4) is 0 Å². The van der Waals surface area contributed by atoms with Gasteiger partial charge in [-0.2, -0.15) is 0 Å². The van der Waals surface area contributed by atoms with Gasteiger partial charge in [-0.1, -0.05) is 0 Å². The molecule has 1 rings (SSSR count). The highest BCUT2D eigenvalue weighted by Crippen LogP contribution is 1.93. The van der Waals surface area contributed by atoms with E-state index < -0.39 is 12.0 Å². The molecule has 0 aromatic carbocycles. The van der Waals surface area contributed by atoms with Crippen LogP contribution < -0.4 is 16.4 Å². The number of nitrogens with two attached hydrogens (primary N) is 1.